The van der Waals surface area contributed by atoms with Crippen LogP contribution in [0, 0.1) is 0 Å². The zero-order valence-electron chi connectivity index (χ0n) is 13.6. The van der Waals surface area contributed by atoms with Crippen molar-refractivity contribution >= 4 is 46.1 Å². The van der Waals surface area contributed by atoms with E-state index in [-0.39, 0.29) is 17.2 Å². The standard InChI is InChI=1S/C19H17N3O2S/c1-3-9-21-12-13(14-7-5-6-8-16(14)21)11-15-17(23)20-19(25)22(10-4-2)18(15)24/h3-8,11-12H,1-2,9-10H2,(H,20,23,25)/b15-11+. The molecule has 6 heteroatoms. The van der Waals surface area contributed by atoms with E-state index in [0.717, 1.165) is 16.5 Å². The molecule has 1 aromatic heterocycles. The van der Waals surface area contributed by atoms with Crippen LogP contribution in [0.4, 0.5) is 0 Å². The van der Waals surface area contributed by atoms with Crippen LogP contribution >= 0.6 is 12.2 Å². The Morgan fingerprint density at radius 3 is 2.56 bits per heavy atom. The molecular weight excluding hydrogens is 334 g/mol. The molecule has 0 aliphatic carbocycles. The maximum Gasteiger partial charge on any atom is 0.265 e. The van der Waals surface area contributed by atoms with Crippen molar-refractivity contribution in [2.24, 2.45) is 0 Å². The van der Waals surface area contributed by atoms with Crippen LogP contribution in [0.25, 0.3) is 17.0 Å². The van der Waals surface area contributed by atoms with Gasteiger partial charge in [0.15, 0.2) is 5.11 Å². The van der Waals surface area contributed by atoms with Crippen LogP contribution in [-0.4, -0.2) is 32.9 Å². The molecule has 1 fully saturated rings. The monoisotopic (exact) mass is 351 g/mol. The maximum absolute atomic E-state index is 12.6. The number of aromatic nitrogens is 1. The number of hydrogen-bond acceptors (Lipinski definition) is 3. The zero-order chi connectivity index (χ0) is 18.0. The van der Waals surface area contributed by atoms with Crippen LogP contribution in [0.2, 0.25) is 0 Å². The highest BCUT2D eigenvalue weighted by molar-refractivity contribution is 7.80. The first-order valence-electron chi connectivity index (χ1n) is 7.75. The van der Waals surface area contributed by atoms with E-state index in [1.54, 1.807) is 18.2 Å². The van der Waals surface area contributed by atoms with Crippen molar-refractivity contribution in [3.05, 3.63) is 66.9 Å². The third-order valence-corrected chi connectivity index (χ3v) is 4.26. The van der Waals surface area contributed by atoms with Crippen LogP contribution in [0.5, 0.6) is 0 Å². The molecule has 2 aromatic rings. The molecular formula is C19H17N3O2S. The number of carbonyl (C=O) groups is 2. The van der Waals surface area contributed by atoms with E-state index in [9.17, 15) is 9.59 Å². The highest BCUT2D eigenvalue weighted by Crippen LogP contribution is 2.25. The first-order valence-corrected chi connectivity index (χ1v) is 8.16. The molecule has 1 aliphatic rings. The van der Waals surface area contributed by atoms with E-state index in [1.165, 1.54) is 4.90 Å². The highest BCUT2D eigenvalue weighted by atomic mass is 32.1. The second-order valence-corrected chi connectivity index (χ2v) is 5.95. The Labute approximate surface area is 150 Å². The molecule has 0 saturated carbocycles. The summed E-state index contributed by atoms with van der Waals surface area (Å²) in [5, 5.41) is 3.61. The van der Waals surface area contributed by atoms with Gasteiger partial charge in [-0.15, -0.1) is 13.2 Å². The van der Waals surface area contributed by atoms with Crippen molar-refractivity contribution in [1.82, 2.24) is 14.8 Å². The Balaban J connectivity index is 2.10. The lowest BCUT2D eigenvalue weighted by molar-refractivity contribution is -0.128. The van der Waals surface area contributed by atoms with Gasteiger partial charge in [-0.1, -0.05) is 30.4 Å². The van der Waals surface area contributed by atoms with Crippen molar-refractivity contribution in [1.29, 1.82) is 0 Å². The lowest BCUT2D eigenvalue weighted by Crippen LogP contribution is -2.53. The van der Waals surface area contributed by atoms with Crippen molar-refractivity contribution in [2.45, 2.75) is 6.54 Å². The fourth-order valence-corrected chi connectivity index (χ4v) is 3.07. The van der Waals surface area contributed by atoms with Crippen molar-refractivity contribution in [3.8, 4) is 0 Å². The summed E-state index contributed by atoms with van der Waals surface area (Å²) in [6.07, 6.45) is 6.88. The van der Waals surface area contributed by atoms with Gasteiger partial charge in [0, 0.05) is 35.8 Å². The quantitative estimate of drug-likeness (QED) is 0.390. The van der Waals surface area contributed by atoms with Gasteiger partial charge in [-0.25, -0.2) is 0 Å². The molecule has 1 aromatic carbocycles. The number of benzene rings is 1. The summed E-state index contributed by atoms with van der Waals surface area (Å²) in [5.74, 6) is -0.912. The molecule has 5 nitrogen and oxygen atoms in total. The summed E-state index contributed by atoms with van der Waals surface area (Å²) in [5.41, 5.74) is 1.86. The number of carbonyl (C=O) groups excluding carboxylic acids is 2. The SMILES string of the molecule is C=CCN1C(=O)/C(=C/c2cn(CC=C)c3ccccc23)C(=O)NC1=S. The van der Waals surface area contributed by atoms with Crippen LogP contribution in [-0.2, 0) is 16.1 Å². The number of amides is 2. The molecule has 2 heterocycles. The highest BCUT2D eigenvalue weighted by Gasteiger charge is 2.32. The van der Waals surface area contributed by atoms with E-state index in [2.05, 4.69) is 18.5 Å². The molecule has 2 amide bonds. The first kappa shape index (κ1) is 16.9. The Bertz CT molecular complexity index is 939. The van der Waals surface area contributed by atoms with Gasteiger partial charge in [0.05, 0.1) is 0 Å². The Morgan fingerprint density at radius 1 is 1.12 bits per heavy atom. The number of nitrogens with one attached hydrogen (secondary N) is 1. The summed E-state index contributed by atoms with van der Waals surface area (Å²) in [4.78, 5) is 26.2. The normalized spacial score (nSPS) is 16.4. The van der Waals surface area contributed by atoms with Crippen molar-refractivity contribution in [2.75, 3.05) is 6.54 Å². The number of rotatable bonds is 5. The van der Waals surface area contributed by atoms with Crippen LogP contribution < -0.4 is 5.32 Å². The first-order chi connectivity index (χ1) is 12.1. The smallest absolute Gasteiger partial charge is 0.265 e. The summed E-state index contributed by atoms with van der Waals surface area (Å²) >= 11 is 5.06. The van der Waals surface area contributed by atoms with Crippen molar-refractivity contribution in [3.63, 3.8) is 0 Å². The molecule has 1 saturated heterocycles. The van der Waals surface area contributed by atoms with Gasteiger partial charge in [-0.3, -0.25) is 19.8 Å². The molecule has 0 bridgehead atoms. The second kappa shape index (κ2) is 6.86. The molecule has 3 rings (SSSR count). The number of nitrogens with zero attached hydrogens (tertiary/aromatic N) is 2. The van der Waals surface area contributed by atoms with Crippen LogP contribution in [0.15, 0.2) is 61.3 Å². The zero-order valence-corrected chi connectivity index (χ0v) is 14.4. The molecule has 1 aliphatic heterocycles. The molecule has 0 radical (unpaired) electrons. The number of hydrogen-bond donors (Lipinski definition) is 1. The third kappa shape index (κ3) is 3.04. The summed E-state index contributed by atoms with van der Waals surface area (Å²) < 4.78 is 2.02. The van der Waals surface area contributed by atoms with E-state index >= 15 is 0 Å². The van der Waals surface area contributed by atoms with Crippen LogP contribution in [0.3, 0.4) is 0 Å². The number of para-hydroxylation sites is 1. The molecule has 0 unspecified atom stereocenters. The lowest BCUT2D eigenvalue weighted by atomic mass is 10.1. The van der Waals surface area contributed by atoms with Gasteiger partial charge >= 0.3 is 0 Å². The van der Waals surface area contributed by atoms with Gasteiger partial charge in [0.1, 0.15) is 5.57 Å². The molecule has 0 atom stereocenters. The molecule has 25 heavy (non-hydrogen) atoms. The number of thiocarbonyl (C=S) groups is 1. The summed E-state index contributed by atoms with van der Waals surface area (Å²) in [6.45, 7) is 8.26. The van der Waals surface area contributed by atoms with E-state index < -0.39 is 11.8 Å². The summed E-state index contributed by atoms with van der Waals surface area (Å²) in [7, 11) is 0. The minimum Gasteiger partial charge on any atom is -0.343 e. The van der Waals surface area contributed by atoms with E-state index in [1.807, 2.05) is 35.0 Å². The summed E-state index contributed by atoms with van der Waals surface area (Å²) in [6, 6.07) is 7.81. The Kier molecular flexibility index (Phi) is 4.63. The topological polar surface area (TPSA) is 54.3 Å². The predicted molar refractivity (Wildman–Crippen MR) is 103 cm³/mol. The molecule has 0 spiro atoms. The maximum atomic E-state index is 12.6. The van der Waals surface area contributed by atoms with Gasteiger partial charge in [0.2, 0.25) is 0 Å². The minimum absolute atomic E-state index is 0.0527. The fraction of sp³-hybridized carbons (Fsp3) is 0.105. The van der Waals surface area contributed by atoms with Crippen molar-refractivity contribution < 1.29 is 9.59 Å². The second-order valence-electron chi connectivity index (χ2n) is 5.56. The fourth-order valence-electron chi connectivity index (χ4n) is 2.82. The molecule has 1 N–H and O–H groups in total. The van der Waals surface area contributed by atoms with E-state index in [0.29, 0.717) is 6.54 Å². The largest absolute Gasteiger partial charge is 0.343 e. The lowest BCUT2D eigenvalue weighted by Gasteiger charge is -2.27. The average molecular weight is 351 g/mol. The Morgan fingerprint density at radius 2 is 1.84 bits per heavy atom. The van der Waals surface area contributed by atoms with Gasteiger partial charge in [0.25, 0.3) is 11.8 Å². The number of allylic oxidation sites excluding steroid dienone is 1. The molecule has 126 valence electrons. The van der Waals surface area contributed by atoms with Gasteiger partial charge in [-0.05, 0) is 24.4 Å². The van der Waals surface area contributed by atoms with Gasteiger partial charge < -0.3 is 4.57 Å². The predicted octanol–water partition coefficient (Wildman–Crippen LogP) is 2.64. The Hall–Kier alpha value is -2.99. The third-order valence-electron chi connectivity index (χ3n) is 3.94. The van der Waals surface area contributed by atoms with E-state index in [4.69, 9.17) is 12.2 Å². The van der Waals surface area contributed by atoms with Gasteiger partial charge in [-0.2, -0.15) is 0 Å². The number of fused-ring (bicyclic) bond motifs is 1. The average Bonchev–Trinajstić information content (AvgIpc) is 2.94. The van der Waals surface area contributed by atoms with Crippen LogP contribution in [0.1, 0.15) is 5.56 Å². The minimum atomic E-state index is -0.490.